The summed E-state index contributed by atoms with van der Waals surface area (Å²) in [5.74, 6) is -0.831. The minimum Gasteiger partial charge on any atom is -0.314 e. The van der Waals surface area contributed by atoms with E-state index in [-0.39, 0.29) is 22.0 Å². The molecule has 0 saturated carbocycles. The highest BCUT2D eigenvalue weighted by Crippen LogP contribution is 2.50. The smallest absolute Gasteiger partial charge is 0.254 e. The second-order valence-corrected chi connectivity index (χ2v) is 7.64. The van der Waals surface area contributed by atoms with Gasteiger partial charge in [-0.15, -0.1) is 8.86 Å². The Kier molecular flexibility index (Phi) is 6.31. The molecule has 30 heavy (non-hydrogen) atoms. The summed E-state index contributed by atoms with van der Waals surface area (Å²) in [6.45, 7) is 0. The molecule has 2 unspecified atom stereocenters. The zero-order valence-electron chi connectivity index (χ0n) is 16.1. The van der Waals surface area contributed by atoms with Gasteiger partial charge in [-0.3, -0.25) is 4.79 Å². The van der Waals surface area contributed by atoms with Crippen LogP contribution in [0.3, 0.4) is 0 Å². The molecule has 0 bridgehead atoms. The number of carbonyl (C=O) groups excluding carboxylic acids is 1. The van der Waals surface area contributed by atoms with Crippen LogP contribution in [0.5, 0.6) is 0 Å². The van der Waals surface area contributed by atoms with Gasteiger partial charge in [0.15, 0.2) is 5.78 Å². The van der Waals surface area contributed by atoms with Crippen LogP contribution in [-0.2, 0) is 15.7 Å². The number of rotatable bonds is 7. The maximum Gasteiger partial charge on any atom is 0.254 e. The van der Waals surface area contributed by atoms with Gasteiger partial charge in [-0.2, -0.15) is 5.26 Å². The van der Waals surface area contributed by atoms with Gasteiger partial charge in [-0.25, -0.2) is 8.78 Å². The predicted octanol–water partition coefficient (Wildman–Crippen LogP) is 3.96. The lowest BCUT2D eigenvalue weighted by Gasteiger charge is -2.47. The van der Waals surface area contributed by atoms with Crippen molar-refractivity contribution in [2.45, 2.75) is 17.4 Å². The summed E-state index contributed by atoms with van der Waals surface area (Å²) in [4.78, 5) is 13.6. The van der Waals surface area contributed by atoms with E-state index in [2.05, 4.69) is 0 Å². The molecule has 0 spiro atoms. The zero-order valence-corrected chi connectivity index (χ0v) is 17.5. The third-order valence-electron chi connectivity index (χ3n) is 5.40. The number of benzene rings is 3. The average Bonchev–Trinajstić information content (AvgIpc) is 2.80. The van der Waals surface area contributed by atoms with Crippen LogP contribution in [0.2, 0.25) is 0 Å². The highest BCUT2D eigenvalue weighted by atomic mass is 31.0. The molecule has 6 heteroatoms. The van der Waals surface area contributed by atoms with Gasteiger partial charge in [-0.1, -0.05) is 91.0 Å². The SMILES string of the molecule is N#CC(=[PH3])C(=O)C(N)(c1ccccc1)C(c1ccccc1)(c1ccccc1)C(F)F. The Morgan fingerprint density at radius 2 is 1.20 bits per heavy atom. The largest absolute Gasteiger partial charge is 0.314 e. The van der Waals surface area contributed by atoms with Crippen LogP contribution in [0.25, 0.3) is 0 Å². The Balaban J connectivity index is 2.52. The maximum absolute atomic E-state index is 15.3. The Hall–Kier alpha value is -3.06. The molecular weight excluding hydrogens is 401 g/mol. The summed E-state index contributed by atoms with van der Waals surface area (Å²) in [7, 11) is 1.06. The number of carbonyl (C=O) groups is 1. The van der Waals surface area contributed by atoms with Crippen LogP contribution >= 0.6 is 8.86 Å². The van der Waals surface area contributed by atoms with Gasteiger partial charge < -0.3 is 5.73 Å². The van der Waals surface area contributed by atoms with E-state index < -0.39 is 23.2 Å². The first-order chi connectivity index (χ1) is 14.4. The summed E-state index contributed by atoms with van der Waals surface area (Å²) in [6, 6.07) is 26.0. The Labute approximate surface area is 176 Å². The number of Topliss-reactive ketones (excluding diaryl/α,β-unsaturated/α-hetero) is 1. The van der Waals surface area contributed by atoms with Crippen molar-refractivity contribution in [1.82, 2.24) is 0 Å². The highest BCUT2D eigenvalue weighted by Gasteiger charge is 2.62. The van der Waals surface area contributed by atoms with Crippen molar-refractivity contribution in [3.63, 3.8) is 0 Å². The number of nitriles is 1. The highest BCUT2D eigenvalue weighted by molar-refractivity contribution is 7.27. The van der Waals surface area contributed by atoms with E-state index in [1.165, 1.54) is 0 Å². The van der Waals surface area contributed by atoms with Crippen molar-refractivity contribution in [2.75, 3.05) is 0 Å². The molecule has 0 aliphatic carbocycles. The second-order valence-electron chi connectivity index (χ2n) is 6.93. The van der Waals surface area contributed by atoms with E-state index in [9.17, 15) is 10.1 Å². The molecule has 0 fully saturated rings. The summed E-state index contributed by atoms with van der Waals surface area (Å²) in [6.07, 6.45) is -3.05. The molecule has 0 aromatic heterocycles. The van der Waals surface area contributed by atoms with Gasteiger partial charge in [0.05, 0.1) is 5.29 Å². The molecule has 3 rings (SSSR count). The normalized spacial score (nSPS) is 13.4. The van der Waals surface area contributed by atoms with Crippen LogP contribution in [0, 0.1) is 11.3 Å². The van der Waals surface area contributed by atoms with E-state index in [0.717, 1.165) is 8.86 Å². The molecule has 0 saturated heterocycles. The Bertz CT molecular complexity index is 1040. The lowest BCUT2D eigenvalue weighted by molar-refractivity contribution is -0.123. The molecule has 0 amide bonds. The molecule has 0 aliphatic heterocycles. The standard InChI is InChI=1S/C24H21F2N2OP/c25-22(26)23(17-10-4-1-5-11-17,18-12-6-2-7-13-18)24(28,21(29)20(30)16-27)19-14-8-3-9-15-19/h1-15,22H,28H2,30H3. The summed E-state index contributed by atoms with van der Waals surface area (Å²) in [5.41, 5.74) is 2.94. The molecule has 2 N–H and O–H groups in total. The lowest BCUT2D eigenvalue weighted by atomic mass is 9.57. The third kappa shape index (κ3) is 3.29. The first-order valence-corrected chi connectivity index (χ1v) is 9.98. The molecule has 3 aromatic rings. The third-order valence-corrected chi connectivity index (χ3v) is 5.88. The van der Waals surface area contributed by atoms with Gasteiger partial charge in [0, 0.05) is 0 Å². The number of halogens is 2. The molecule has 3 nitrogen and oxygen atoms in total. The molecule has 0 radical (unpaired) electrons. The lowest BCUT2D eigenvalue weighted by Crippen LogP contribution is -2.65. The van der Waals surface area contributed by atoms with E-state index in [1.54, 1.807) is 91.0 Å². The summed E-state index contributed by atoms with van der Waals surface area (Å²) in [5, 5.41) is 9.21. The topological polar surface area (TPSA) is 66.9 Å². The van der Waals surface area contributed by atoms with Crippen LogP contribution in [0.1, 0.15) is 16.7 Å². The molecule has 0 heterocycles. The fourth-order valence-electron chi connectivity index (χ4n) is 3.98. The number of nitrogens with two attached hydrogens (primary N) is 1. The van der Waals surface area contributed by atoms with Crippen molar-refractivity contribution in [2.24, 2.45) is 5.73 Å². The van der Waals surface area contributed by atoms with Gasteiger partial charge in [0.1, 0.15) is 17.0 Å². The van der Waals surface area contributed by atoms with E-state index >= 15 is 8.78 Å². The fraction of sp³-hybridized carbons (Fsp3) is 0.125. The van der Waals surface area contributed by atoms with Gasteiger partial charge >= 0.3 is 0 Å². The van der Waals surface area contributed by atoms with Crippen molar-refractivity contribution >= 4 is 19.9 Å². The van der Waals surface area contributed by atoms with Crippen molar-refractivity contribution in [3.8, 4) is 6.07 Å². The van der Waals surface area contributed by atoms with Gasteiger partial charge in [0.2, 0.25) is 0 Å². The minimum absolute atomic E-state index is 0.194. The van der Waals surface area contributed by atoms with Crippen molar-refractivity contribution < 1.29 is 13.6 Å². The first kappa shape index (κ1) is 21.6. The van der Waals surface area contributed by atoms with E-state index in [0.29, 0.717) is 0 Å². The molecule has 2 atom stereocenters. The average molecular weight is 422 g/mol. The maximum atomic E-state index is 15.3. The predicted molar refractivity (Wildman–Crippen MR) is 119 cm³/mol. The van der Waals surface area contributed by atoms with Gasteiger partial charge in [-0.05, 0) is 16.7 Å². The van der Waals surface area contributed by atoms with Gasteiger partial charge in [0.25, 0.3) is 6.43 Å². The molecule has 152 valence electrons. The second kappa shape index (κ2) is 8.75. The molecular formula is C24H21F2N2OP. The van der Waals surface area contributed by atoms with Crippen LogP contribution in [0.15, 0.2) is 91.0 Å². The van der Waals surface area contributed by atoms with Crippen molar-refractivity contribution in [3.05, 3.63) is 108 Å². The number of hydrogen-bond donors (Lipinski definition) is 1. The molecule has 0 aliphatic rings. The Morgan fingerprint density at radius 3 is 1.53 bits per heavy atom. The first-order valence-electron chi connectivity index (χ1n) is 9.28. The zero-order chi connectivity index (χ0) is 21.8. The monoisotopic (exact) mass is 422 g/mol. The van der Waals surface area contributed by atoms with E-state index in [4.69, 9.17) is 5.73 Å². The summed E-state index contributed by atoms with van der Waals surface area (Å²) < 4.78 is 30.6. The number of ketones is 1. The fourth-order valence-corrected chi connectivity index (χ4v) is 4.25. The number of nitrogens with zero attached hydrogens (tertiary/aromatic N) is 1. The molecule has 3 aromatic carbocycles. The minimum atomic E-state index is -3.05. The number of hydrogen-bond acceptors (Lipinski definition) is 3. The van der Waals surface area contributed by atoms with E-state index in [1.807, 2.05) is 6.07 Å². The van der Waals surface area contributed by atoms with Crippen molar-refractivity contribution in [1.29, 1.82) is 5.26 Å². The summed E-state index contributed by atoms with van der Waals surface area (Å²) >= 11 is 0. The Morgan fingerprint density at radius 1 is 0.833 bits per heavy atom. The van der Waals surface area contributed by atoms with Crippen LogP contribution in [-0.4, -0.2) is 17.5 Å². The quantitative estimate of drug-likeness (QED) is 0.586. The van der Waals surface area contributed by atoms with Crippen LogP contribution in [0.4, 0.5) is 8.78 Å². The van der Waals surface area contributed by atoms with Crippen LogP contribution < -0.4 is 5.73 Å². The number of alkyl halides is 2.